The van der Waals surface area contributed by atoms with Gasteiger partial charge in [-0.15, -0.1) is 0 Å². The van der Waals surface area contributed by atoms with Crippen LogP contribution in [0.3, 0.4) is 0 Å². The topological polar surface area (TPSA) is 67.8 Å². The predicted octanol–water partition coefficient (Wildman–Crippen LogP) is 2.87. The fourth-order valence-corrected chi connectivity index (χ4v) is 2.21. The van der Waals surface area contributed by atoms with Gasteiger partial charge in [0.25, 0.3) is 5.91 Å². The summed E-state index contributed by atoms with van der Waals surface area (Å²) in [6.45, 7) is 3.41. The number of aliphatic hydroxyl groups is 1. The van der Waals surface area contributed by atoms with Crippen molar-refractivity contribution in [3.05, 3.63) is 48.0 Å². The van der Waals surface area contributed by atoms with Gasteiger partial charge in [-0.2, -0.15) is 0 Å². The Balaban J connectivity index is 2.25. The minimum absolute atomic E-state index is 0.125. The highest BCUT2D eigenvalue weighted by atomic mass is 16.5. The van der Waals surface area contributed by atoms with E-state index >= 15 is 0 Å². The molecule has 2 aromatic carbocycles. The van der Waals surface area contributed by atoms with Gasteiger partial charge in [-0.3, -0.25) is 4.79 Å². The molecule has 2 N–H and O–H groups in total. The van der Waals surface area contributed by atoms with Crippen LogP contribution in [0.25, 0.3) is 11.1 Å². The van der Waals surface area contributed by atoms with Crippen molar-refractivity contribution < 1.29 is 19.4 Å². The first-order valence-electron chi connectivity index (χ1n) is 7.65. The van der Waals surface area contributed by atoms with E-state index in [4.69, 9.17) is 9.47 Å². The van der Waals surface area contributed by atoms with Crippen molar-refractivity contribution in [3.8, 4) is 22.6 Å². The van der Waals surface area contributed by atoms with Crippen LogP contribution in [0.4, 0.5) is 0 Å². The number of hydrogen-bond acceptors (Lipinski definition) is 4. The highest BCUT2D eigenvalue weighted by molar-refractivity contribution is 5.95. The molecule has 0 saturated carbocycles. The molecule has 5 nitrogen and oxygen atoms in total. The van der Waals surface area contributed by atoms with Crippen LogP contribution in [0, 0.1) is 0 Å². The lowest BCUT2D eigenvalue weighted by atomic mass is 10.0. The number of hydrogen-bond donors (Lipinski definition) is 2. The van der Waals surface area contributed by atoms with Gasteiger partial charge in [0, 0.05) is 11.6 Å². The van der Waals surface area contributed by atoms with Crippen molar-refractivity contribution in [2.75, 3.05) is 20.8 Å². The largest absolute Gasteiger partial charge is 0.497 e. The molecule has 5 heteroatoms. The Morgan fingerprint density at radius 3 is 2.00 bits per heavy atom. The van der Waals surface area contributed by atoms with E-state index < -0.39 is 5.54 Å². The second kappa shape index (κ2) is 7.36. The van der Waals surface area contributed by atoms with Gasteiger partial charge in [-0.25, -0.2) is 0 Å². The van der Waals surface area contributed by atoms with Gasteiger partial charge in [-0.05, 0) is 49.2 Å². The third-order valence-corrected chi connectivity index (χ3v) is 3.68. The minimum Gasteiger partial charge on any atom is -0.497 e. The molecule has 0 saturated heterocycles. The molecular weight excluding hydrogens is 306 g/mol. The third-order valence-electron chi connectivity index (χ3n) is 3.68. The third kappa shape index (κ3) is 4.26. The Hall–Kier alpha value is -2.53. The lowest BCUT2D eigenvalue weighted by Crippen LogP contribution is -2.46. The van der Waals surface area contributed by atoms with Gasteiger partial charge in [-0.1, -0.05) is 12.1 Å². The van der Waals surface area contributed by atoms with Crippen LogP contribution in [0.1, 0.15) is 24.2 Å². The van der Waals surface area contributed by atoms with Crippen molar-refractivity contribution in [1.82, 2.24) is 5.32 Å². The molecule has 2 aromatic rings. The van der Waals surface area contributed by atoms with E-state index in [1.54, 1.807) is 40.2 Å². The quantitative estimate of drug-likeness (QED) is 0.855. The number of carbonyl (C=O) groups is 1. The molecule has 128 valence electrons. The Morgan fingerprint density at radius 1 is 1.00 bits per heavy atom. The van der Waals surface area contributed by atoms with E-state index in [0.717, 1.165) is 11.1 Å². The van der Waals surface area contributed by atoms with E-state index in [1.807, 2.05) is 30.3 Å². The smallest absolute Gasteiger partial charge is 0.251 e. The predicted molar refractivity (Wildman–Crippen MR) is 93.6 cm³/mol. The molecule has 0 atom stereocenters. The van der Waals surface area contributed by atoms with E-state index in [9.17, 15) is 9.90 Å². The van der Waals surface area contributed by atoms with Crippen LogP contribution in [0.2, 0.25) is 0 Å². The first-order chi connectivity index (χ1) is 11.4. The van der Waals surface area contributed by atoms with Gasteiger partial charge in [0.05, 0.1) is 26.4 Å². The van der Waals surface area contributed by atoms with Crippen LogP contribution in [0.15, 0.2) is 42.5 Å². The van der Waals surface area contributed by atoms with Gasteiger partial charge < -0.3 is 19.9 Å². The average Bonchev–Trinajstić information content (AvgIpc) is 2.61. The Labute approximate surface area is 142 Å². The van der Waals surface area contributed by atoms with Crippen LogP contribution < -0.4 is 14.8 Å². The van der Waals surface area contributed by atoms with Gasteiger partial charge in [0.15, 0.2) is 0 Å². The lowest BCUT2D eigenvalue weighted by molar-refractivity contribution is 0.0869. The molecular formula is C19H23NO4. The standard InChI is InChI=1S/C19H23NO4/c1-19(2,12-21)20-18(22)14-7-5-13(6-8-14)15-9-16(23-3)11-17(10-15)24-4/h5-11,21H,12H2,1-4H3,(H,20,22). The van der Waals surface area contributed by atoms with Crippen molar-refractivity contribution in [3.63, 3.8) is 0 Å². The highest BCUT2D eigenvalue weighted by Crippen LogP contribution is 2.29. The van der Waals surface area contributed by atoms with Crippen LogP contribution >= 0.6 is 0 Å². The molecule has 0 aromatic heterocycles. The van der Waals surface area contributed by atoms with E-state index in [1.165, 1.54) is 0 Å². The summed E-state index contributed by atoms with van der Waals surface area (Å²) in [4.78, 5) is 12.2. The second-order valence-corrected chi connectivity index (χ2v) is 6.17. The normalized spacial score (nSPS) is 11.0. The molecule has 0 aliphatic carbocycles. The Morgan fingerprint density at radius 2 is 1.54 bits per heavy atom. The summed E-state index contributed by atoms with van der Waals surface area (Å²) in [6, 6.07) is 12.9. The number of carbonyl (C=O) groups excluding carboxylic acids is 1. The molecule has 0 aliphatic heterocycles. The van der Waals surface area contributed by atoms with E-state index in [-0.39, 0.29) is 12.5 Å². The first-order valence-corrected chi connectivity index (χ1v) is 7.65. The maximum Gasteiger partial charge on any atom is 0.251 e. The van der Waals surface area contributed by atoms with Gasteiger partial charge in [0.1, 0.15) is 11.5 Å². The van der Waals surface area contributed by atoms with Gasteiger partial charge in [0.2, 0.25) is 0 Å². The number of aliphatic hydroxyl groups excluding tert-OH is 1. The Kier molecular flexibility index (Phi) is 5.46. The second-order valence-electron chi connectivity index (χ2n) is 6.17. The maximum atomic E-state index is 12.2. The van der Waals surface area contributed by atoms with Crippen LogP contribution in [-0.4, -0.2) is 37.4 Å². The molecule has 2 rings (SSSR count). The SMILES string of the molecule is COc1cc(OC)cc(-c2ccc(C(=O)NC(C)(C)CO)cc2)c1. The molecule has 1 amide bonds. The number of benzene rings is 2. The fourth-order valence-electron chi connectivity index (χ4n) is 2.21. The molecule has 0 radical (unpaired) electrons. The summed E-state index contributed by atoms with van der Waals surface area (Å²) in [5, 5.41) is 12.0. The summed E-state index contributed by atoms with van der Waals surface area (Å²) in [5.41, 5.74) is 1.77. The van der Waals surface area contributed by atoms with Crippen molar-refractivity contribution in [2.24, 2.45) is 0 Å². The number of methoxy groups -OCH3 is 2. The average molecular weight is 329 g/mol. The molecule has 0 fully saturated rings. The fraction of sp³-hybridized carbons (Fsp3) is 0.316. The molecule has 0 unspecified atom stereocenters. The van der Waals surface area contributed by atoms with Crippen molar-refractivity contribution >= 4 is 5.91 Å². The summed E-state index contributed by atoms with van der Waals surface area (Å²) in [6.07, 6.45) is 0. The zero-order valence-electron chi connectivity index (χ0n) is 14.4. The highest BCUT2D eigenvalue weighted by Gasteiger charge is 2.19. The molecule has 0 heterocycles. The molecule has 0 spiro atoms. The number of rotatable bonds is 6. The molecule has 0 bridgehead atoms. The van der Waals surface area contributed by atoms with Gasteiger partial charge >= 0.3 is 0 Å². The number of nitrogens with one attached hydrogen (secondary N) is 1. The van der Waals surface area contributed by atoms with E-state index in [0.29, 0.717) is 17.1 Å². The summed E-state index contributed by atoms with van der Waals surface area (Å²) < 4.78 is 10.6. The lowest BCUT2D eigenvalue weighted by Gasteiger charge is -2.23. The van der Waals surface area contributed by atoms with E-state index in [2.05, 4.69) is 5.32 Å². The summed E-state index contributed by atoms with van der Waals surface area (Å²) >= 11 is 0. The Bertz CT molecular complexity index is 686. The number of amides is 1. The first kappa shape index (κ1) is 17.8. The molecule has 0 aliphatic rings. The summed E-state index contributed by atoms with van der Waals surface area (Å²) in [5.74, 6) is 1.19. The summed E-state index contributed by atoms with van der Waals surface area (Å²) in [7, 11) is 3.21. The molecule has 24 heavy (non-hydrogen) atoms. The zero-order valence-corrected chi connectivity index (χ0v) is 14.4. The number of ether oxygens (including phenoxy) is 2. The van der Waals surface area contributed by atoms with Crippen LogP contribution in [-0.2, 0) is 0 Å². The maximum absolute atomic E-state index is 12.2. The van der Waals surface area contributed by atoms with Crippen molar-refractivity contribution in [2.45, 2.75) is 19.4 Å². The van der Waals surface area contributed by atoms with Crippen molar-refractivity contribution in [1.29, 1.82) is 0 Å². The zero-order chi connectivity index (χ0) is 17.7. The monoisotopic (exact) mass is 329 g/mol. The van der Waals surface area contributed by atoms with Crippen LogP contribution in [0.5, 0.6) is 11.5 Å². The minimum atomic E-state index is -0.657.